The van der Waals surface area contributed by atoms with E-state index in [1.807, 2.05) is 56.3 Å². The van der Waals surface area contributed by atoms with Crippen LogP contribution in [-0.2, 0) is 4.79 Å². The molecule has 2 aromatic heterocycles. The van der Waals surface area contributed by atoms with Gasteiger partial charge in [-0.3, -0.25) is 4.79 Å². The lowest BCUT2D eigenvalue weighted by Gasteiger charge is -2.40. The fourth-order valence-corrected chi connectivity index (χ4v) is 6.93. The number of hydrogen-bond acceptors (Lipinski definition) is 10. The third kappa shape index (κ3) is 5.00. The number of nitrogens with one attached hydrogen (secondary N) is 2. The maximum Gasteiger partial charge on any atom is 0.265 e. The maximum absolute atomic E-state index is 14.0. The minimum atomic E-state index is -0.362. The number of aromatic nitrogens is 4. The van der Waals surface area contributed by atoms with Crippen molar-refractivity contribution in [2.24, 2.45) is 5.41 Å². The van der Waals surface area contributed by atoms with Crippen molar-refractivity contribution < 1.29 is 18.9 Å². The molecule has 2 N–H and O–H groups in total. The van der Waals surface area contributed by atoms with Gasteiger partial charge in [-0.1, -0.05) is 62.4 Å². The number of fused-ring (bicyclic) bond motifs is 5. The molecule has 0 unspecified atom stereocenters. The number of carbonyl (C=O) groups excluding carboxylic acids is 1. The molecule has 10 nitrogen and oxygen atoms in total. The van der Waals surface area contributed by atoms with E-state index in [4.69, 9.17) is 14.1 Å². The summed E-state index contributed by atoms with van der Waals surface area (Å²) in [6, 6.07) is 23.9. The standard InChI is InChI=1S/C38H34N6O4/c1-20-9-8-12-26(21(20)2)40-36-37(42-35-34(41-36)43-48-44-35)47-29-16-14-23(17-30(29)46-5)33-32-25(18-38(3,4)19-28(32)45)31-24-11-7-6-10-22(24)13-15-27(31)39-33/h6-17,33,39H,18-19H2,1-5H3,(H,40,41,43)/t33-/m1/s1. The molecule has 0 fully saturated rings. The average molecular weight is 639 g/mol. The van der Waals surface area contributed by atoms with Gasteiger partial charge < -0.3 is 20.1 Å². The number of ether oxygens (including phenoxy) is 2. The highest BCUT2D eigenvalue weighted by Gasteiger charge is 2.41. The van der Waals surface area contributed by atoms with Gasteiger partial charge in [0.1, 0.15) is 0 Å². The summed E-state index contributed by atoms with van der Waals surface area (Å²) < 4.78 is 17.1. The molecular formula is C38H34N6O4. The SMILES string of the molecule is COc1cc([C@H]2Nc3ccc4ccccc4c3C3=C2C(=O)CC(C)(C)C3)ccc1Oc1nc2nonc2nc1Nc1cccc(C)c1C. The van der Waals surface area contributed by atoms with Gasteiger partial charge >= 0.3 is 0 Å². The summed E-state index contributed by atoms with van der Waals surface area (Å²) in [5.41, 5.74) is 8.29. The van der Waals surface area contributed by atoms with E-state index in [1.54, 1.807) is 7.11 Å². The minimum Gasteiger partial charge on any atom is -0.493 e. The number of methoxy groups -OCH3 is 1. The Labute approximate surface area is 277 Å². The molecule has 6 aromatic rings. The Bertz CT molecular complexity index is 2310. The van der Waals surface area contributed by atoms with Crippen LogP contribution < -0.4 is 20.1 Å². The van der Waals surface area contributed by atoms with Gasteiger partial charge in [-0.05, 0) is 93.3 Å². The summed E-state index contributed by atoms with van der Waals surface area (Å²) in [6.45, 7) is 8.42. The molecule has 1 aliphatic carbocycles. The van der Waals surface area contributed by atoms with Crippen molar-refractivity contribution in [2.45, 2.75) is 46.6 Å². The van der Waals surface area contributed by atoms with Crippen LogP contribution in [0.25, 0.3) is 27.6 Å². The Morgan fingerprint density at radius 2 is 1.73 bits per heavy atom. The molecule has 1 aliphatic heterocycles. The predicted octanol–water partition coefficient (Wildman–Crippen LogP) is 8.64. The highest BCUT2D eigenvalue weighted by atomic mass is 16.6. The third-order valence-electron chi connectivity index (χ3n) is 9.41. The molecule has 2 aliphatic rings. The van der Waals surface area contributed by atoms with E-state index in [9.17, 15) is 4.79 Å². The summed E-state index contributed by atoms with van der Waals surface area (Å²) >= 11 is 0. The number of anilines is 3. The Morgan fingerprint density at radius 3 is 2.56 bits per heavy atom. The monoisotopic (exact) mass is 638 g/mol. The largest absolute Gasteiger partial charge is 0.493 e. The zero-order chi connectivity index (χ0) is 33.2. The summed E-state index contributed by atoms with van der Waals surface area (Å²) in [7, 11) is 1.59. The lowest BCUT2D eigenvalue weighted by Crippen LogP contribution is -2.33. The van der Waals surface area contributed by atoms with E-state index >= 15 is 0 Å². The van der Waals surface area contributed by atoms with Crippen LogP contribution in [0, 0.1) is 19.3 Å². The van der Waals surface area contributed by atoms with Crippen molar-refractivity contribution in [3.63, 3.8) is 0 Å². The Hall–Kier alpha value is -5.77. The van der Waals surface area contributed by atoms with Crippen LogP contribution in [-0.4, -0.2) is 33.2 Å². The van der Waals surface area contributed by atoms with Gasteiger partial charge in [-0.15, -0.1) is 0 Å². The number of aryl methyl sites for hydroxylation is 1. The summed E-state index contributed by atoms with van der Waals surface area (Å²) in [5, 5.41) is 17.1. The van der Waals surface area contributed by atoms with Gasteiger partial charge in [0, 0.05) is 28.9 Å². The summed E-state index contributed by atoms with van der Waals surface area (Å²) in [5.74, 6) is 1.58. The fourth-order valence-electron chi connectivity index (χ4n) is 6.93. The van der Waals surface area contributed by atoms with Crippen molar-refractivity contribution in [3.05, 3.63) is 101 Å². The second-order valence-electron chi connectivity index (χ2n) is 13.3. The first kappa shape index (κ1) is 29.6. The number of nitrogens with zero attached hydrogens (tertiary/aromatic N) is 4. The molecule has 48 heavy (non-hydrogen) atoms. The Kier molecular flexibility index (Phi) is 6.90. The number of allylic oxidation sites excluding steroid dienone is 1. The number of Topliss-reactive ketones (excluding diaryl/α,β-unsaturated/α-hetero) is 1. The normalized spacial score (nSPS) is 16.8. The van der Waals surface area contributed by atoms with E-state index in [-0.39, 0.29) is 34.4 Å². The molecule has 3 heterocycles. The minimum absolute atomic E-state index is 0.147. The zero-order valence-electron chi connectivity index (χ0n) is 27.3. The van der Waals surface area contributed by atoms with E-state index in [0.29, 0.717) is 23.7 Å². The molecule has 0 spiro atoms. The van der Waals surface area contributed by atoms with Crippen molar-refractivity contribution in [1.29, 1.82) is 0 Å². The molecular weight excluding hydrogens is 604 g/mol. The quantitative estimate of drug-likeness (QED) is 0.183. The average Bonchev–Trinajstić information content (AvgIpc) is 3.53. The maximum atomic E-state index is 14.0. The van der Waals surface area contributed by atoms with Crippen LogP contribution in [0.5, 0.6) is 17.4 Å². The molecule has 4 aromatic carbocycles. The third-order valence-corrected chi connectivity index (χ3v) is 9.41. The zero-order valence-corrected chi connectivity index (χ0v) is 27.3. The van der Waals surface area contributed by atoms with E-state index in [1.165, 1.54) is 0 Å². The number of benzene rings is 4. The van der Waals surface area contributed by atoms with Crippen LogP contribution in [0.4, 0.5) is 17.2 Å². The molecule has 10 heteroatoms. The fraction of sp³-hybridized carbons (Fsp3) is 0.237. The van der Waals surface area contributed by atoms with Gasteiger partial charge in [0.25, 0.3) is 5.88 Å². The molecule has 0 radical (unpaired) electrons. The van der Waals surface area contributed by atoms with Gasteiger partial charge in [-0.2, -0.15) is 9.97 Å². The molecule has 0 bridgehead atoms. The number of ketones is 1. The second kappa shape index (κ2) is 11.2. The first-order chi connectivity index (χ1) is 23.2. The van der Waals surface area contributed by atoms with Gasteiger partial charge in [0.15, 0.2) is 23.1 Å². The number of rotatable bonds is 6. The first-order valence-corrected chi connectivity index (χ1v) is 15.9. The van der Waals surface area contributed by atoms with Crippen molar-refractivity contribution in [2.75, 3.05) is 17.7 Å². The van der Waals surface area contributed by atoms with Gasteiger partial charge in [-0.25, -0.2) is 4.63 Å². The molecule has 1 atom stereocenters. The molecule has 240 valence electrons. The molecule has 8 rings (SSSR count). The topological polar surface area (TPSA) is 124 Å². The highest BCUT2D eigenvalue weighted by Crippen LogP contribution is 2.52. The van der Waals surface area contributed by atoms with Crippen LogP contribution in [0.2, 0.25) is 0 Å². The lowest BCUT2D eigenvalue weighted by molar-refractivity contribution is -0.118. The van der Waals surface area contributed by atoms with Crippen LogP contribution in [0.1, 0.15) is 55.0 Å². The Balaban J connectivity index is 1.20. The van der Waals surface area contributed by atoms with Gasteiger partial charge in [0.05, 0.1) is 13.2 Å². The summed E-state index contributed by atoms with van der Waals surface area (Å²) in [6.07, 6.45) is 1.29. The van der Waals surface area contributed by atoms with Crippen molar-refractivity contribution in [1.82, 2.24) is 20.3 Å². The smallest absolute Gasteiger partial charge is 0.265 e. The van der Waals surface area contributed by atoms with Crippen LogP contribution in [0.3, 0.4) is 0 Å². The van der Waals surface area contributed by atoms with Crippen molar-refractivity contribution in [3.8, 4) is 17.4 Å². The molecule has 0 saturated heterocycles. The molecule has 0 amide bonds. The van der Waals surface area contributed by atoms with Crippen LogP contribution in [0.15, 0.2) is 83.0 Å². The second-order valence-corrected chi connectivity index (χ2v) is 13.3. The number of hydrogen-bond donors (Lipinski definition) is 2. The van der Waals surface area contributed by atoms with Crippen molar-refractivity contribution >= 4 is 50.6 Å². The lowest BCUT2D eigenvalue weighted by atomic mass is 9.68. The van der Waals surface area contributed by atoms with E-state index in [2.05, 4.69) is 75.1 Å². The van der Waals surface area contributed by atoms with E-state index in [0.717, 1.165) is 62.0 Å². The summed E-state index contributed by atoms with van der Waals surface area (Å²) in [4.78, 5) is 23.1. The Morgan fingerprint density at radius 1 is 0.917 bits per heavy atom. The van der Waals surface area contributed by atoms with Crippen LogP contribution >= 0.6 is 0 Å². The number of carbonyl (C=O) groups is 1. The first-order valence-electron chi connectivity index (χ1n) is 15.9. The highest BCUT2D eigenvalue weighted by molar-refractivity contribution is 6.12. The predicted molar refractivity (Wildman–Crippen MR) is 185 cm³/mol. The molecule has 0 saturated carbocycles. The van der Waals surface area contributed by atoms with E-state index < -0.39 is 0 Å². The van der Waals surface area contributed by atoms with Gasteiger partial charge in [0.2, 0.25) is 11.3 Å².